The summed E-state index contributed by atoms with van der Waals surface area (Å²) in [6, 6.07) is 11.8. The van der Waals surface area contributed by atoms with Crippen LogP contribution in [-0.2, 0) is 16.0 Å². The Morgan fingerprint density at radius 3 is 2.50 bits per heavy atom. The van der Waals surface area contributed by atoms with E-state index in [0.29, 0.717) is 18.0 Å². The van der Waals surface area contributed by atoms with Crippen LogP contribution in [0.4, 0.5) is 0 Å². The number of nitrogens with zero attached hydrogens (tertiary/aromatic N) is 3. The maximum Gasteiger partial charge on any atom is 0.226 e. The summed E-state index contributed by atoms with van der Waals surface area (Å²) in [5.41, 5.74) is 1.44. The highest BCUT2D eigenvalue weighted by atomic mass is 16.5. The van der Waals surface area contributed by atoms with Gasteiger partial charge in [0.25, 0.3) is 0 Å². The van der Waals surface area contributed by atoms with Crippen molar-refractivity contribution in [2.45, 2.75) is 57.0 Å². The van der Waals surface area contributed by atoms with Crippen molar-refractivity contribution in [2.75, 3.05) is 53.0 Å². The molecule has 0 N–H and O–H groups in total. The summed E-state index contributed by atoms with van der Waals surface area (Å²) in [4.78, 5) is 20.4. The van der Waals surface area contributed by atoms with E-state index in [-0.39, 0.29) is 5.92 Å². The smallest absolute Gasteiger partial charge is 0.226 e. The Bertz CT molecular complexity index is 654. The van der Waals surface area contributed by atoms with Crippen molar-refractivity contribution < 1.29 is 9.53 Å². The van der Waals surface area contributed by atoms with Crippen molar-refractivity contribution in [1.82, 2.24) is 14.7 Å². The Labute approximate surface area is 182 Å². The van der Waals surface area contributed by atoms with Gasteiger partial charge in [-0.2, -0.15) is 0 Å². The van der Waals surface area contributed by atoms with Crippen molar-refractivity contribution in [3.05, 3.63) is 35.9 Å². The van der Waals surface area contributed by atoms with Gasteiger partial charge in [-0.25, -0.2) is 0 Å². The molecule has 0 radical (unpaired) electrons. The SMILES string of the molecule is CN(C(=O)C1CCCN(C2CCN(CCc3ccccc3)CC2)C1)C1CCOCC1. The molecule has 1 amide bonds. The molecule has 3 fully saturated rings. The third kappa shape index (κ3) is 5.63. The minimum Gasteiger partial charge on any atom is -0.381 e. The Kier molecular flexibility index (Phi) is 7.80. The zero-order valence-electron chi connectivity index (χ0n) is 18.7. The second-order valence-corrected chi connectivity index (χ2v) is 9.44. The molecule has 1 unspecified atom stereocenters. The van der Waals surface area contributed by atoms with Gasteiger partial charge >= 0.3 is 0 Å². The maximum atomic E-state index is 13.1. The first-order chi connectivity index (χ1) is 14.7. The van der Waals surface area contributed by atoms with Gasteiger partial charge in [0.05, 0.1) is 5.92 Å². The standard InChI is InChI=1S/C25H39N3O2/c1-26(23-12-18-30-19-13-23)25(29)22-8-5-14-28(20-22)24-10-16-27(17-11-24)15-9-21-6-3-2-4-7-21/h2-4,6-7,22-24H,5,8-20H2,1H3. The molecular formula is C25H39N3O2. The first kappa shape index (κ1) is 21.8. The van der Waals surface area contributed by atoms with Crippen LogP contribution in [0, 0.1) is 5.92 Å². The lowest BCUT2D eigenvalue weighted by Crippen LogP contribution is -2.52. The van der Waals surface area contributed by atoms with Crippen LogP contribution in [0.1, 0.15) is 44.1 Å². The van der Waals surface area contributed by atoms with Gasteiger partial charge in [-0.1, -0.05) is 30.3 Å². The summed E-state index contributed by atoms with van der Waals surface area (Å²) >= 11 is 0. The molecule has 30 heavy (non-hydrogen) atoms. The van der Waals surface area contributed by atoms with E-state index in [1.165, 1.54) is 38.0 Å². The lowest BCUT2D eigenvalue weighted by Gasteiger charge is -2.43. The van der Waals surface area contributed by atoms with Gasteiger partial charge in [0.1, 0.15) is 0 Å². The van der Waals surface area contributed by atoms with Crippen molar-refractivity contribution in [1.29, 1.82) is 0 Å². The first-order valence-electron chi connectivity index (χ1n) is 12.1. The van der Waals surface area contributed by atoms with Crippen molar-refractivity contribution in [3.63, 3.8) is 0 Å². The molecule has 3 aliphatic heterocycles. The van der Waals surface area contributed by atoms with Gasteiger partial charge in [-0.05, 0) is 70.1 Å². The van der Waals surface area contributed by atoms with Crippen LogP contribution >= 0.6 is 0 Å². The fourth-order valence-electron chi connectivity index (χ4n) is 5.52. The van der Waals surface area contributed by atoms with Crippen LogP contribution in [-0.4, -0.2) is 85.7 Å². The fraction of sp³-hybridized carbons (Fsp3) is 0.720. The summed E-state index contributed by atoms with van der Waals surface area (Å²) < 4.78 is 5.47. The van der Waals surface area contributed by atoms with E-state index in [0.717, 1.165) is 58.4 Å². The third-order valence-corrected chi connectivity index (χ3v) is 7.52. The average molecular weight is 414 g/mol. The minimum atomic E-state index is 0.183. The second kappa shape index (κ2) is 10.7. The lowest BCUT2D eigenvalue weighted by molar-refractivity contribution is -0.140. The highest BCUT2D eigenvalue weighted by Gasteiger charge is 2.34. The lowest BCUT2D eigenvalue weighted by atomic mass is 9.92. The number of benzene rings is 1. The highest BCUT2D eigenvalue weighted by Crippen LogP contribution is 2.26. The summed E-state index contributed by atoms with van der Waals surface area (Å²) in [7, 11) is 2.02. The Balaban J connectivity index is 1.22. The van der Waals surface area contributed by atoms with Crippen LogP contribution in [0.3, 0.4) is 0 Å². The molecule has 1 aromatic rings. The average Bonchev–Trinajstić information content (AvgIpc) is 2.83. The van der Waals surface area contributed by atoms with E-state index < -0.39 is 0 Å². The molecule has 0 aromatic heterocycles. The number of piperidine rings is 2. The third-order valence-electron chi connectivity index (χ3n) is 7.52. The molecule has 1 aromatic carbocycles. The zero-order valence-corrected chi connectivity index (χ0v) is 18.7. The topological polar surface area (TPSA) is 36.0 Å². The fourth-order valence-corrected chi connectivity index (χ4v) is 5.52. The molecule has 5 nitrogen and oxygen atoms in total. The van der Waals surface area contributed by atoms with Crippen LogP contribution in [0.15, 0.2) is 30.3 Å². The van der Waals surface area contributed by atoms with Crippen molar-refractivity contribution in [2.24, 2.45) is 5.92 Å². The Morgan fingerprint density at radius 2 is 1.77 bits per heavy atom. The predicted molar refractivity (Wildman–Crippen MR) is 121 cm³/mol. The predicted octanol–water partition coefficient (Wildman–Crippen LogP) is 3.04. The number of ether oxygens (including phenoxy) is 1. The van der Waals surface area contributed by atoms with E-state index in [9.17, 15) is 4.79 Å². The maximum absolute atomic E-state index is 13.1. The molecule has 0 spiro atoms. The van der Waals surface area contributed by atoms with Crippen LogP contribution < -0.4 is 0 Å². The Morgan fingerprint density at radius 1 is 1.03 bits per heavy atom. The molecule has 3 saturated heterocycles. The van der Waals surface area contributed by atoms with Crippen molar-refractivity contribution in [3.8, 4) is 0 Å². The summed E-state index contributed by atoms with van der Waals surface area (Å²) in [6.07, 6.45) is 7.81. The van der Waals surface area contributed by atoms with E-state index in [1.54, 1.807) is 0 Å². The number of likely N-dealkylation sites (tertiary alicyclic amines) is 2. The number of carbonyl (C=O) groups excluding carboxylic acids is 1. The molecule has 0 bridgehead atoms. The number of rotatable bonds is 6. The normalized spacial score (nSPS) is 25.3. The molecule has 0 aliphatic carbocycles. The molecule has 166 valence electrons. The Hall–Kier alpha value is -1.43. The molecule has 1 atom stereocenters. The van der Waals surface area contributed by atoms with E-state index in [2.05, 4.69) is 40.1 Å². The van der Waals surface area contributed by atoms with Crippen LogP contribution in [0.5, 0.6) is 0 Å². The molecular weight excluding hydrogens is 374 g/mol. The number of hydrogen-bond acceptors (Lipinski definition) is 4. The van der Waals surface area contributed by atoms with Gasteiger partial charge in [0.2, 0.25) is 5.91 Å². The summed E-state index contributed by atoms with van der Waals surface area (Å²) in [5, 5.41) is 0. The van der Waals surface area contributed by atoms with Crippen LogP contribution in [0.2, 0.25) is 0 Å². The van der Waals surface area contributed by atoms with Gasteiger partial charge in [-0.15, -0.1) is 0 Å². The number of carbonyl (C=O) groups is 1. The summed E-state index contributed by atoms with van der Waals surface area (Å²) in [6.45, 7) is 7.25. The summed E-state index contributed by atoms with van der Waals surface area (Å²) in [5.74, 6) is 0.551. The van der Waals surface area contributed by atoms with E-state index in [4.69, 9.17) is 4.74 Å². The van der Waals surface area contributed by atoms with Crippen LogP contribution in [0.25, 0.3) is 0 Å². The van der Waals surface area contributed by atoms with E-state index >= 15 is 0 Å². The number of hydrogen-bond donors (Lipinski definition) is 0. The van der Waals surface area contributed by atoms with Gasteiger partial charge in [0, 0.05) is 45.4 Å². The van der Waals surface area contributed by atoms with Gasteiger partial charge < -0.3 is 14.5 Å². The minimum absolute atomic E-state index is 0.183. The molecule has 3 aliphatic rings. The largest absolute Gasteiger partial charge is 0.381 e. The molecule has 5 heteroatoms. The number of amides is 1. The molecule has 0 saturated carbocycles. The molecule has 4 rings (SSSR count). The van der Waals surface area contributed by atoms with Gasteiger partial charge in [0.15, 0.2) is 0 Å². The quantitative estimate of drug-likeness (QED) is 0.718. The zero-order chi connectivity index (χ0) is 20.8. The second-order valence-electron chi connectivity index (χ2n) is 9.44. The van der Waals surface area contributed by atoms with E-state index in [1.807, 2.05) is 11.9 Å². The monoisotopic (exact) mass is 413 g/mol. The van der Waals surface area contributed by atoms with Gasteiger partial charge in [-0.3, -0.25) is 9.69 Å². The highest BCUT2D eigenvalue weighted by molar-refractivity contribution is 5.79. The van der Waals surface area contributed by atoms with Crippen molar-refractivity contribution >= 4 is 5.91 Å². The molecule has 3 heterocycles. The first-order valence-corrected chi connectivity index (χ1v) is 12.1.